The van der Waals surface area contributed by atoms with Crippen molar-refractivity contribution in [3.63, 3.8) is 0 Å². The predicted molar refractivity (Wildman–Crippen MR) is 221 cm³/mol. The molecule has 0 saturated carbocycles. The minimum absolute atomic E-state index is 0.0321. The zero-order chi connectivity index (χ0) is 37.5. The molecule has 51 heavy (non-hydrogen) atoms. The van der Waals surface area contributed by atoms with Gasteiger partial charge in [0.25, 0.3) is 0 Å². The first-order valence-corrected chi connectivity index (χ1v) is 22.3. The zero-order valence-corrected chi connectivity index (χ0v) is 34.9. The summed E-state index contributed by atoms with van der Waals surface area (Å²) < 4.78 is 6.06. The molecule has 0 aliphatic rings. The van der Waals surface area contributed by atoms with E-state index in [-0.39, 0.29) is 12.1 Å². The minimum Gasteiger partial charge on any atom is -0.462 e. The van der Waals surface area contributed by atoms with Crippen molar-refractivity contribution in [2.75, 3.05) is 40.3 Å². The van der Waals surface area contributed by atoms with E-state index >= 15 is 0 Å². The second-order valence-corrected chi connectivity index (χ2v) is 15.5. The first-order chi connectivity index (χ1) is 25.0. The third-order valence-electron chi connectivity index (χ3n) is 10.2. The number of nitrogens with one attached hydrogen (secondary N) is 1. The van der Waals surface area contributed by atoms with E-state index in [1.807, 2.05) is 25.2 Å². The van der Waals surface area contributed by atoms with Gasteiger partial charge in [-0.25, -0.2) is 0 Å². The van der Waals surface area contributed by atoms with E-state index in [1.54, 1.807) is 0 Å². The van der Waals surface area contributed by atoms with Gasteiger partial charge in [0.1, 0.15) is 6.10 Å². The highest BCUT2D eigenvalue weighted by Crippen LogP contribution is 2.18. The number of nitriles is 1. The average Bonchev–Trinajstić information content (AvgIpc) is 3.12. The number of nitrogens with zero attached hydrogens (tertiary/aromatic N) is 4. The fourth-order valence-corrected chi connectivity index (χ4v) is 6.93. The van der Waals surface area contributed by atoms with Crippen LogP contribution in [0.4, 0.5) is 0 Å². The van der Waals surface area contributed by atoms with Crippen LogP contribution in [-0.2, 0) is 9.53 Å². The number of guanidine groups is 1. The van der Waals surface area contributed by atoms with Gasteiger partial charge in [0.2, 0.25) is 5.96 Å². The van der Waals surface area contributed by atoms with Crippen LogP contribution in [0.5, 0.6) is 0 Å². The molecule has 0 aliphatic heterocycles. The molecule has 7 heteroatoms. The van der Waals surface area contributed by atoms with Crippen LogP contribution >= 0.6 is 0 Å². The van der Waals surface area contributed by atoms with E-state index in [0.29, 0.717) is 12.4 Å². The van der Waals surface area contributed by atoms with Crippen molar-refractivity contribution in [2.24, 2.45) is 4.99 Å². The highest BCUT2D eigenvalue weighted by Gasteiger charge is 2.14. The third kappa shape index (κ3) is 35.0. The van der Waals surface area contributed by atoms with Crippen molar-refractivity contribution in [2.45, 2.75) is 226 Å². The van der Waals surface area contributed by atoms with Crippen LogP contribution < -0.4 is 5.32 Å². The topological polar surface area (TPSA) is 81.0 Å². The van der Waals surface area contributed by atoms with E-state index in [1.165, 1.54) is 167 Å². The Morgan fingerprint density at radius 2 is 0.980 bits per heavy atom. The number of ether oxygens (including phenoxy) is 1. The molecule has 0 fully saturated rings. The van der Waals surface area contributed by atoms with Gasteiger partial charge in [-0.15, -0.1) is 0 Å². The maximum atomic E-state index is 12.8. The Hall–Kier alpha value is -1.81. The summed E-state index contributed by atoms with van der Waals surface area (Å²) in [5.74, 6) is 0.665. The fourth-order valence-electron chi connectivity index (χ4n) is 6.93. The number of carbonyl (C=O) groups is 1. The van der Waals surface area contributed by atoms with Gasteiger partial charge < -0.3 is 14.5 Å². The molecule has 0 radical (unpaired) electrons. The molecular formula is C44H87N5O2. The van der Waals surface area contributed by atoms with Crippen LogP contribution in [0.1, 0.15) is 220 Å². The van der Waals surface area contributed by atoms with Crippen molar-refractivity contribution < 1.29 is 9.53 Å². The molecule has 0 rings (SSSR count). The lowest BCUT2D eigenvalue weighted by Gasteiger charge is -2.22. The van der Waals surface area contributed by atoms with Crippen LogP contribution in [-0.4, -0.2) is 68.1 Å². The highest BCUT2D eigenvalue weighted by atomic mass is 16.5. The zero-order valence-electron chi connectivity index (χ0n) is 34.9. The van der Waals surface area contributed by atoms with E-state index in [2.05, 4.69) is 36.0 Å². The smallest absolute Gasteiger partial charge is 0.306 e. The van der Waals surface area contributed by atoms with Crippen molar-refractivity contribution in [3.05, 3.63) is 0 Å². The number of rotatable bonds is 38. The quantitative estimate of drug-likeness (QED) is 0.0171. The molecule has 7 nitrogen and oxygen atoms in total. The summed E-state index contributed by atoms with van der Waals surface area (Å²) in [6.45, 7) is 10.9. The van der Waals surface area contributed by atoms with Crippen molar-refractivity contribution in [3.8, 4) is 6.19 Å². The van der Waals surface area contributed by atoms with E-state index < -0.39 is 0 Å². The molecule has 0 aliphatic carbocycles. The molecule has 0 aromatic carbocycles. The number of hydrogen-bond donors (Lipinski definition) is 1. The van der Waals surface area contributed by atoms with Crippen LogP contribution in [0.3, 0.4) is 0 Å². The predicted octanol–water partition coefficient (Wildman–Crippen LogP) is 12.3. The van der Waals surface area contributed by atoms with Crippen molar-refractivity contribution in [1.29, 1.82) is 5.26 Å². The SMILES string of the molecule is CCCCCCCCCCCCN(CCCCCCCC(=O)OC(CCCCCCCC)CCCCCCCC)CCCN=C(NC#N)N(C)C. The average molecular weight is 718 g/mol. The molecule has 300 valence electrons. The van der Waals surface area contributed by atoms with E-state index in [9.17, 15) is 4.79 Å². The van der Waals surface area contributed by atoms with Crippen LogP contribution in [0, 0.1) is 11.5 Å². The highest BCUT2D eigenvalue weighted by molar-refractivity contribution is 5.80. The van der Waals surface area contributed by atoms with E-state index in [4.69, 9.17) is 10.00 Å². The molecular weight excluding hydrogens is 631 g/mol. The number of unbranched alkanes of at least 4 members (excludes halogenated alkanes) is 23. The Kier molecular flexibility index (Phi) is 38.0. The molecule has 0 aromatic heterocycles. The van der Waals surface area contributed by atoms with Gasteiger partial charge in [-0.2, -0.15) is 5.26 Å². The Morgan fingerprint density at radius 3 is 1.41 bits per heavy atom. The summed E-state index contributed by atoms with van der Waals surface area (Å²) >= 11 is 0. The number of aliphatic imine (C=N–C) groups is 1. The Balaban J connectivity index is 4.49. The van der Waals surface area contributed by atoms with Gasteiger partial charge in [0.05, 0.1) is 0 Å². The van der Waals surface area contributed by atoms with Gasteiger partial charge in [0.15, 0.2) is 6.19 Å². The van der Waals surface area contributed by atoms with Gasteiger partial charge in [-0.05, 0) is 71.0 Å². The molecule has 0 saturated heterocycles. The fraction of sp³-hybridized carbons (Fsp3) is 0.932. The van der Waals surface area contributed by atoms with Gasteiger partial charge in [-0.3, -0.25) is 15.1 Å². The molecule has 0 spiro atoms. The number of hydrogen-bond acceptors (Lipinski definition) is 5. The summed E-state index contributed by atoms with van der Waals surface area (Å²) in [6, 6.07) is 0. The normalized spacial score (nSPS) is 11.8. The maximum Gasteiger partial charge on any atom is 0.306 e. The molecule has 0 atom stereocenters. The van der Waals surface area contributed by atoms with Gasteiger partial charge in [0, 0.05) is 27.1 Å². The third-order valence-corrected chi connectivity index (χ3v) is 10.2. The Morgan fingerprint density at radius 1 is 0.588 bits per heavy atom. The second-order valence-electron chi connectivity index (χ2n) is 15.5. The molecule has 1 N–H and O–H groups in total. The Labute approximate surface area is 318 Å². The lowest BCUT2D eigenvalue weighted by Crippen LogP contribution is -2.34. The number of esters is 1. The standard InChI is InChI=1S/C44H87N5O2/c1-6-9-12-15-18-19-20-21-26-31-38-49(40-33-37-46-44(47-41-45)48(4)5)39-32-27-22-25-30-36-43(50)51-42(34-28-23-16-13-10-7-2)35-29-24-17-14-11-8-3/h42H,6-40H2,1-5H3,(H,46,47). The van der Waals surface area contributed by atoms with Crippen LogP contribution in [0.15, 0.2) is 4.99 Å². The summed E-state index contributed by atoms with van der Waals surface area (Å²) in [7, 11) is 3.82. The minimum atomic E-state index is 0.0321. The first-order valence-electron chi connectivity index (χ1n) is 22.3. The summed E-state index contributed by atoms with van der Waals surface area (Å²) in [4.78, 5) is 21.9. The van der Waals surface area contributed by atoms with Gasteiger partial charge >= 0.3 is 5.97 Å². The molecule has 0 amide bonds. The lowest BCUT2D eigenvalue weighted by atomic mass is 10.0. The molecule has 0 aromatic rings. The Bertz CT molecular complexity index is 796. The van der Waals surface area contributed by atoms with Crippen LogP contribution in [0.25, 0.3) is 0 Å². The monoisotopic (exact) mass is 718 g/mol. The van der Waals surface area contributed by atoms with E-state index in [0.717, 1.165) is 51.7 Å². The summed E-state index contributed by atoms with van der Waals surface area (Å²) in [5, 5.41) is 11.7. The second kappa shape index (κ2) is 39.4. The molecule has 0 heterocycles. The molecule has 0 bridgehead atoms. The van der Waals surface area contributed by atoms with Gasteiger partial charge in [-0.1, -0.05) is 162 Å². The van der Waals surface area contributed by atoms with Crippen molar-refractivity contribution in [1.82, 2.24) is 15.1 Å². The summed E-state index contributed by atoms with van der Waals surface area (Å²) in [6.07, 6.45) is 40.6. The maximum absolute atomic E-state index is 12.8. The lowest BCUT2D eigenvalue weighted by molar-refractivity contribution is -0.150. The summed E-state index contributed by atoms with van der Waals surface area (Å²) in [5.41, 5.74) is 0. The number of carbonyl (C=O) groups excluding carboxylic acids is 1. The largest absolute Gasteiger partial charge is 0.462 e. The van der Waals surface area contributed by atoms with Crippen LogP contribution in [0.2, 0.25) is 0 Å². The van der Waals surface area contributed by atoms with Crippen molar-refractivity contribution >= 4 is 11.9 Å². The molecule has 0 unspecified atom stereocenters. The first kappa shape index (κ1) is 49.2.